The molecule has 0 amide bonds. The van der Waals surface area contributed by atoms with Crippen molar-refractivity contribution in [2.45, 2.75) is 37.8 Å². The van der Waals surface area contributed by atoms with E-state index in [1.165, 1.54) is 16.8 Å². The lowest BCUT2D eigenvalue weighted by molar-refractivity contribution is 0.309. The molecule has 2 aliphatic rings. The van der Waals surface area contributed by atoms with Crippen LogP contribution >= 0.6 is 0 Å². The number of aryl methyl sites for hydroxylation is 1. The van der Waals surface area contributed by atoms with Crippen molar-refractivity contribution in [3.8, 4) is 11.5 Å². The molecule has 5 nitrogen and oxygen atoms in total. The van der Waals surface area contributed by atoms with Gasteiger partial charge in [-0.25, -0.2) is 9.97 Å². The number of nitrogens with one attached hydrogen (secondary N) is 1. The van der Waals surface area contributed by atoms with Crippen LogP contribution in [0.4, 0.5) is 5.82 Å². The second-order valence-electron chi connectivity index (χ2n) is 7.77. The maximum absolute atomic E-state index is 4.93. The fourth-order valence-corrected chi connectivity index (χ4v) is 4.57. The van der Waals surface area contributed by atoms with Crippen LogP contribution in [0.25, 0.3) is 11.5 Å². The van der Waals surface area contributed by atoms with E-state index in [9.17, 15) is 0 Å². The van der Waals surface area contributed by atoms with E-state index in [0.717, 1.165) is 49.6 Å². The summed E-state index contributed by atoms with van der Waals surface area (Å²) in [5.74, 6) is 1.73. The number of rotatable bonds is 4. The molecule has 0 spiro atoms. The molecule has 1 N–H and O–H groups in total. The number of hydrogen-bond acceptors (Lipinski definition) is 5. The molecule has 0 unspecified atom stereocenters. The smallest absolute Gasteiger partial charge is 0.180 e. The number of pyridine rings is 1. The summed E-state index contributed by atoms with van der Waals surface area (Å²) in [4.78, 5) is 16.7. The molecular formula is C23H25N5. The van der Waals surface area contributed by atoms with Gasteiger partial charge in [-0.3, -0.25) is 9.88 Å². The SMILES string of the molecule is CN1CC[C@H](Nc2nc(-c3ccccn3)nc3c2CCC3)[C@H]1c1ccccc1. The number of nitrogens with zero attached hydrogens (tertiary/aromatic N) is 4. The predicted octanol–water partition coefficient (Wildman–Crippen LogP) is 3.88. The summed E-state index contributed by atoms with van der Waals surface area (Å²) in [6.45, 7) is 1.08. The average Bonchev–Trinajstić information content (AvgIpc) is 3.36. The Kier molecular flexibility index (Phi) is 4.53. The molecule has 0 saturated carbocycles. The number of benzene rings is 1. The maximum Gasteiger partial charge on any atom is 0.180 e. The van der Waals surface area contributed by atoms with Gasteiger partial charge in [0.05, 0.1) is 6.04 Å². The van der Waals surface area contributed by atoms with E-state index >= 15 is 0 Å². The van der Waals surface area contributed by atoms with E-state index in [1.807, 2.05) is 18.2 Å². The fraction of sp³-hybridized carbons (Fsp3) is 0.348. The first kappa shape index (κ1) is 17.3. The van der Waals surface area contributed by atoms with E-state index in [1.54, 1.807) is 6.20 Å². The van der Waals surface area contributed by atoms with Crippen LogP contribution in [-0.2, 0) is 12.8 Å². The molecule has 142 valence electrons. The number of aromatic nitrogens is 3. The lowest BCUT2D eigenvalue weighted by Gasteiger charge is -2.27. The molecule has 5 heteroatoms. The highest BCUT2D eigenvalue weighted by Crippen LogP contribution is 2.35. The lowest BCUT2D eigenvalue weighted by atomic mass is 10.00. The van der Waals surface area contributed by atoms with Gasteiger partial charge in [0, 0.05) is 30.0 Å². The zero-order valence-electron chi connectivity index (χ0n) is 16.2. The van der Waals surface area contributed by atoms with Crippen molar-refractivity contribution in [3.05, 3.63) is 71.5 Å². The van der Waals surface area contributed by atoms with Gasteiger partial charge in [-0.15, -0.1) is 0 Å². The van der Waals surface area contributed by atoms with E-state index in [-0.39, 0.29) is 0 Å². The molecule has 2 atom stereocenters. The van der Waals surface area contributed by atoms with Crippen LogP contribution in [0.3, 0.4) is 0 Å². The van der Waals surface area contributed by atoms with Crippen molar-refractivity contribution < 1.29 is 0 Å². The van der Waals surface area contributed by atoms with Gasteiger partial charge >= 0.3 is 0 Å². The van der Waals surface area contributed by atoms with Crippen molar-refractivity contribution in [2.75, 3.05) is 18.9 Å². The monoisotopic (exact) mass is 371 g/mol. The fourth-order valence-electron chi connectivity index (χ4n) is 4.57. The van der Waals surface area contributed by atoms with Crippen molar-refractivity contribution in [1.82, 2.24) is 19.9 Å². The Bertz CT molecular complexity index is 957. The molecule has 2 aromatic heterocycles. The third-order valence-electron chi connectivity index (χ3n) is 5.94. The van der Waals surface area contributed by atoms with Gasteiger partial charge < -0.3 is 5.32 Å². The second kappa shape index (κ2) is 7.32. The molecule has 1 fully saturated rings. The minimum Gasteiger partial charge on any atom is -0.365 e. The number of hydrogen-bond donors (Lipinski definition) is 1. The molecule has 5 rings (SSSR count). The average molecular weight is 371 g/mol. The molecule has 1 aliphatic heterocycles. The van der Waals surface area contributed by atoms with Crippen LogP contribution in [-0.4, -0.2) is 39.5 Å². The Morgan fingerprint density at radius 2 is 1.86 bits per heavy atom. The second-order valence-corrected chi connectivity index (χ2v) is 7.77. The van der Waals surface area contributed by atoms with Crippen molar-refractivity contribution in [3.63, 3.8) is 0 Å². The first-order chi connectivity index (χ1) is 13.8. The molecule has 0 radical (unpaired) electrons. The zero-order chi connectivity index (χ0) is 18.9. The van der Waals surface area contributed by atoms with Crippen LogP contribution in [0.1, 0.15) is 35.7 Å². The molecule has 28 heavy (non-hydrogen) atoms. The van der Waals surface area contributed by atoms with Gasteiger partial charge in [0.25, 0.3) is 0 Å². The lowest BCUT2D eigenvalue weighted by Crippen LogP contribution is -2.29. The van der Waals surface area contributed by atoms with Crippen molar-refractivity contribution >= 4 is 5.82 Å². The van der Waals surface area contributed by atoms with Crippen LogP contribution in [0.5, 0.6) is 0 Å². The Hall–Kier alpha value is -2.79. The topological polar surface area (TPSA) is 53.9 Å². The summed E-state index contributed by atoms with van der Waals surface area (Å²) in [5, 5.41) is 3.81. The molecule has 1 aliphatic carbocycles. The minimum atomic E-state index is 0.337. The highest BCUT2D eigenvalue weighted by atomic mass is 15.2. The molecule has 1 saturated heterocycles. The standard InChI is InChI=1S/C23H25N5/c1-28-15-13-19(21(28)16-8-3-2-4-9-16)26-22-17-10-7-12-18(17)25-23(27-22)20-11-5-6-14-24-20/h2-6,8-9,11,14,19,21H,7,10,12-13,15H2,1H3,(H,25,26,27)/t19-,21+/m0/s1. The Balaban J connectivity index is 1.50. The number of likely N-dealkylation sites (N-methyl/N-ethyl adjacent to an activating group) is 1. The molecule has 3 aromatic rings. The first-order valence-corrected chi connectivity index (χ1v) is 10.1. The van der Waals surface area contributed by atoms with Gasteiger partial charge in [0.15, 0.2) is 5.82 Å². The summed E-state index contributed by atoms with van der Waals surface area (Å²) in [7, 11) is 2.21. The van der Waals surface area contributed by atoms with Gasteiger partial charge in [-0.1, -0.05) is 36.4 Å². The van der Waals surface area contributed by atoms with E-state index in [0.29, 0.717) is 12.1 Å². The number of anilines is 1. The van der Waals surface area contributed by atoms with Gasteiger partial charge in [0.2, 0.25) is 0 Å². The number of fused-ring (bicyclic) bond motifs is 1. The Morgan fingerprint density at radius 3 is 2.68 bits per heavy atom. The third-order valence-corrected chi connectivity index (χ3v) is 5.94. The van der Waals surface area contributed by atoms with Crippen molar-refractivity contribution in [2.24, 2.45) is 0 Å². The normalized spacial score (nSPS) is 21.6. The molecular weight excluding hydrogens is 346 g/mol. The van der Waals surface area contributed by atoms with E-state index in [4.69, 9.17) is 9.97 Å². The summed E-state index contributed by atoms with van der Waals surface area (Å²) >= 11 is 0. The summed E-state index contributed by atoms with van der Waals surface area (Å²) in [5.41, 5.74) is 4.67. The molecule has 0 bridgehead atoms. The largest absolute Gasteiger partial charge is 0.365 e. The quantitative estimate of drug-likeness (QED) is 0.754. The number of likely N-dealkylation sites (tertiary alicyclic amines) is 1. The maximum atomic E-state index is 4.93. The highest BCUT2D eigenvalue weighted by molar-refractivity contribution is 5.58. The van der Waals surface area contributed by atoms with Crippen LogP contribution in [0.15, 0.2) is 54.7 Å². The zero-order valence-corrected chi connectivity index (χ0v) is 16.2. The highest BCUT2D eigenvalue weighted by Gasteiger charge is 2.34. The Labute approximate surface area is 165 Å². The van der Waals surface area contributed by atoms with Crippen molar-refractivity contribution in [1.29, 1.82) is 0 Å². The van der Waals surface area contributed by atoms with E-state index < -0.39 is 0 Å². The van der Waals surface area contributed by atoms with E-state index in [2.05, 4.69) is 52.6 Å². The van der Waals surface area contributed by atoms with Gasteiger partial charge in [-0.2, -0.15) is 0 Å². The summed E-state index contributed by atoms with van der Waals surface area (Å²) < 4.78 is 0. The minimum absolute atomic E-state index is 0.337. The third kappa shape index (κ3) is 3.16. The van der Waals surface area contributed by atoms with Gasteiger partial charge in [0.1, 0.15) is 11.5 Å². The summed E-state index contributed by atoms with van der Waals surface area (Å²) in [6.07, 6.45) is 6.14. The first-order valence-electron chi connectivity index (χ1n) is 10.1. The summed E-state index contributed by atoms with van der Waals surface area (Å²) in [6, 6.07) is 17.4. The predicted molar refractivity (Wildman–Crippen MR) is 111 cm³/mol. The van der Waals surface area contributed by atoms with Gasteiger partial charge in [-0.05, 0) is 50.4 Å². The molecule has 1 aromatic carbocycles. The van der Waals surface area contributed by atoms with Crippen LogP contribution < -0.4 is 5.32 Å². The molecule has 3 heterocycles. The van der Waals surface area contributed by atoms with Crippen LogP contribution in [0.2, 0.25) is 0 Å². The Morgan fingerprint density at radius 1 is 1.00 bits per heavy atom. The van der Waals surface area contributed by atoms with Crippen LogP contribution in [0, 0.1) is 0 Å².